The van der Waals surface area contributed by atoms with E-state index in [1.54, 1.807) is 18.2 Å². The van der Waals surface area contributed by atoms with Crippen LogP contribution in [0.2, 0.25) is 0 Å². The molecule has 0 radical (unpaired) electrons. The minimum absolute atomic E-state index is 0. The molecule has 2 aromatic carbocycles. The molecule has 0 spiro atoms. The van der Waals surface area contributed by atoms with Crippen LogP contribution in [-0.2, 0) is 36.4 Å². The van der Waals surface area contributed by atoms with Crippen LogP contribution in [-0.4, -0.2) is 112 Å². The van der Waals surface area contributed by atoms with Gasteiger partial charge in [0.05, 0.1) is 18.5 Å². The minimum atomic E-state index is -6.09. The number of amides is 2. The van der Waals surface area contributed by atoms with Crippen LogP contribution in [0, 0.1) is 4.64 Å². The number of carbonyl (C=O) groups excluding carboxylic acids is 2. The van der Waals surface area contributed by atoms with Gasteiger partial charge in [-0.05, 0) is 35.9 Å². The number of phosphoric acid groups is 3. The fourth-order valence-electron chi connectivity index (χ4n) is 6.59. The maximum absolute atomic E-state index is 12.5. The number of aromatic carboxylic acids is 1. The van der Waals surface area contributed by atoms with Gasteiger partial charge in [-0.3, -0.25) is 27.9 Å². The van der Waals surface area contributed by atoms with Gasteiger partial charge in [0.2, 0.25) is 5.91 Å². The summed E-state index contributed by atoms with van der Waals surface area (Å²) in [6.07, 6.45) is -1.18. The van der Waals surface area contributed by atoms with Crippen molar-refractivity contribution >= 4 is 76.2 Å². The Morgan fingerprint density at radius 3 is 2.34 bits per heavy atom. The molecule has 7 rings (SSSR count). The Balaban J connectivity index is 0.000000248. The number of anilines is 1. The van der Waals surface area contributed by atoms with Gasteiger partial charge in [-0.2, -0.15) is 0 Å². The zero-order valence-electron chi connectivity index (χ0n) is 33.3. The second-order valence-corrected chi connectivity index (χ2v) is 18.6. The highest BCUT2D eigenvalue weighted by Gasteiger charge is 2.45. The number of carboxylic acids is 1. The Hall–Kier alpha value is -5.67. The number of aromatic nitrogens is 4. The number of allylic oxidation sites excluding steroid dienone is 1. The van der Waals surface area contributed by atoms with Crippen molar-refractivity contribution in [1.29, 1.82) is 0 Å². The van der Waals surface area contributed by atoms with Gasteiger partial charge in [0.25, 0.3) is 29.4 Å². The Labute approximate surface area is 382 Å². The lowest BCUT2D eigenvalue weighted by atomic mass is 9.83. The van der Waals surface area contributed by atoms with Crippen LogP contribution in [0.3, 0.4) is 0 Å². The molecule has 2 amide bonds. The number of nitrogens with two attached hydrogens (primary N) is 1. The number of carboxylic acid groups (broad SMARTS) is 1. The van der Waals surface area contributed by atoms with E-state index in [4.69, 9.17) is 32.3 Å². The molecule has 1 saturated heterocycles. The maximum atomic E-state index is 12.5. The number of phenols is 1. The van der Waals surface area contributed by atoms with Gasteiger partial charge < -0.3 is 80.5 Å². The molecule has 1 fully saturated rings. The van der Waals surface area contributed by atoms with E-state index in [-0.39, 0.29) is 70.8 Å². The van der Waals surface area contributed by atoms with Crippen LogP contribution in [0.5, 0.6) is 11.5 Å². The van der Waals surface area contributed by atoms with Gasteiger partial charge >= 0.3 is 5.97 Å². The molecule has 1 aliphatic carbocycles. The zero-order chi connectivity index (χ0) is 48.5. The third-order valence-corrected chi connectivity index (χ3v) is 13.3. The second kappa shape index (κ2) is 20.7. The molecular weight excluding hydrogens is 975 g/mol. The molecule has 2 aliphatic heterocycles. The topological polar surface area (TPSA) is 436 Å². The Morgan fingerprint density at radius 1 is 0.985 bits per heavy atom. The molecule has 4 heterocycles. The lowest BCUT2D eigenvalue weighted by molar-refractivity contribution is -0.250. The molecular formula is C36H39N7O20P3S-3. The van der Waals surface area contributed by atoms with Crippen molar-refractivity contribution in [2.45, 2.75) is 45.0 Å². The van der Waals surface area contributed by atoms with E-state index in [0.717, 1.165) is 0 Å². The number of aromatic amines is 1. The van der Waals surface area contributed by atoms with Crippen molar-refractivity contribution in [2.24, 2.45) is 0 Å². The summed E-state index contributed by atoms with van der Waals surface area (Å²) < 4.78 is 56.6. The fourth-order valence-corrected chi connectivity index (χ4v) is 9.74. The number of nitrogen functional groups attached to an aromatic ring is 1. The molecule has 4 aromatic rings. The van der Waals surface area contributed by atoms with E-state index < -0.39 is 72.6 Å². The smallest absolute Gasteiger partial charge is 0.336 e. The van der Waals surface area contributed by atoms with Gasteiger partial charge in [-0.15, -0.1) is 0 Å². The summed E-state index contributed by atoms with van der Waals surface area (Å²) in [4.78, 5) is 87.7. The molecule has 31 heteroatoms. The van der Waals surface area contributed by atoms with Crippen LogP contribution in [0.4, 0.5) is 5.95 Å². The first-order valence-electron chi connectivity index (χ1n) is 18.5. The number of benzene rings is 2. The predicted octanol–water partition coefficient (Wildman–Crippen LogP) is 0.305. The molecule has 0 bridgehead atoms. The minimum Gasteiger partial charge on any atom is -0.756 e. The highest BCUT2D eigenvalue weighted by molar-refractivity contribution is 7.71. The first kappa shape index (κ1) is 52.3. The highest BCUT2D eigenvalue weighted by Crippen LogP contribution is 2.61. The van der Waals surface area contributed by atoms with Crippen molar-refractivity contribution in [3.8, 4) is 11.5 Å². The lowest BCUT2D eigenvalue weighted by Crippen LogP contribution is -2.34. The van der Waals surface area contributed by atoms with Crippen LogP contribution in [0.25, 0.3) is 16.7 Å². The number of H-pyrrole nitrogens is 1. The van der Waals surface area contributed by atoms with E-state index in [2.05, 4.69) is 38.7 Å². The number of carbonyl (C=O) groups is 3. The maximum Gasteiger partial charge on any atom is 0.336 e. The van der Waals surface area contributed by atoms with E-state index in [1.807, 2.05) is 0 Å². The van der Waals surface area contributed by atoms with E-state index >= 15 is 0 Å². The van der Waals surface area contributed by atoms with E-state index in [0.29, 0.717) is 28.0 Å². The summed E-state index contributed by atoms with van der Waals surface area (Å²) in [5, 5.41) is 55.4. The van der Waals surface area contributed by atoms with Gasteiger partial charge in [-0.25, -0.2) is 23.4 Å². The van der Waals surface area contributed by atoms with Crippen molar-refractivity contribution in [2.75, 3.05) is 25.4 Å². The highest BCUT2D eigenvalue weighted by atomic mass is 32.1. The van der Waals surface area contributed by atoms with Gasteiger partial charge in [0.1, 0.15) is 52.8 Å². The molecule has 2 aromatic heterocycles. The molecule has 3 aliphatic rings. The standard InChI is InChI=1S/C25H22N2O7.C10H16N5O13P3S.CH4/c1-13(28)26-8-9-27-24(31)14-2-5-17(20(10-14)25(32)33)23-18-6-3-15(29)11-21(18)34-22-12-16(30)4-7-19(22)23;11-10-13-7-4(8(32)14-10)12-2-15(7)9-6(17)5(16)3(26-9)1-25-30(21,22)28-31(23,24)27-29(18,19)20;/h2-7,10-12,21,29-30H,8-9H2,1H3,(H,26,28)(H,27,31)(H,32,33);2-3,5-6,9,16-17H,1H2,(H,21,22)(H,23,24)(H2,18,19,20)(H3,11,13,14,32);1H4/p-3/t;3-,5+,6?,9-;/m.1./s1. The number of aromatic hydroxyl groups is 1. The SMILES string of the molecule is C.CC(=O)NCCNC(=O)c1ccc(C2=C3C=CC(O)=CC3Oc3cc(O)ccc32)c(C(=O)O)c1.Nc1nc(=S)c2ncn([C@@H]3O[C@H](COP(=O)([O-])OP(=O)([O-])OP(=O)([O-])O)[C@H](O)C3O)c2[nH]1. The Morgan fingerprint density at radius 2 is 1.67 bits per heavy atom. The number of rotatable bonds is 14. The number of hydrogen-bond acceptors (Lipinski definition) is 22. The Kier molecular flexibility index (Phi) is 16.1. The number of phenolic OH excluding ortho intramolecular Hbond substituents is 1. The summed E-state index contributed by atoms with van der Waals surface area (Å²) in [5.74, 6) is -1.69. The van der Waals surface area contributed by atoms with Gasteiger partial charge in [0, 0.05) is 54.4 Å². The number of ether oxygens (including phenoxy) is 2. The molecule has 362 valence electrons. The summed E-state index contributed by atoms with van der Waals surface area (Å²) in [7, 11) is -17.8. The average molecular weight is 1010 g/mol. The zero-order valence-corrected chi connectivity index (χ0v) is 36.8. The summed E-state index contributed by atoms with van der Waals surface area (Å²) >= 11 is 5.01. The first-order chi connectivity index (χ1) is 30.8. The number of imidazole rings is 1. The number of aliphatic hydroxyl groups excluding tert-OH is 3. The Bertz CT molecular complexity index is 2900. The van der Waals surface area contributed by atoms with E-state index in [9.17, 15) is 68.3 Å². The summed E-state index contributed by atoms with van der Waals surface area (Å²) in [6, 6.07) is 8.90. The molecule has 11 N–H and O–H groups in total. The average Bonchev–Trinajstić information content (AvgIpc) is 3.75. The van der Waals surface area contributed by atoms with Crippen LogP contribution in [0.1, 0.15) is 52.4 Å². The van der Waals surface area contributed by atoms with E-state index in [1.165, 1.54) is 54.2 Å². The van der Waals surface area contributed by atoms with Gasteiger partial charge in [-0.1, -0.05) is 31.8 Å². The van der Waals surface area contributed by atoms with Crippen LogP contribution < -0.4 is 35.8 Å². The predicted molar refractivity (Wildman–Crippen MR) is 226 cm³/mol. The van der Waals surface area contributed by atoms with Gasteiger partial charge in [0.15, 0.2) is 16.8 Å². The van der Waals surface area contributed by atoms with Crippen molar-refractivity contribution < 1.29 is 95.8 Å². The number of aliphatic hydroxyl groups is 3. The molecule has 67 heavy (non-hydrogen) atoms. The largest absolute Gasteiger partial charge is 0.756 e. The number of fused-ring (bicyclic) bond motifs is 3. The fraction of sp³-hybridized carbons (Fsp3) is 0.278. The first-order valence-corrected chi connectivity index (χ1v) is 23.4. The normalized spacial score (nSPS) is 22.2. The van der Waals surface area contributed by atoms with Crippen molar-refractivity contribution in [1.82, 2.24) is 30.2 Å². The third kappa shape index (κ3) is 12.7. The number of hydrogen-bond donors (Lipinski definition) is 10. The molecule has 5 unspecified atom stereocenters. The lowest BCUT2D eigenvalue weighted by Gasteiger charge is -2.33. The molecule has 0 saturated carbocycles. The van der Waals surface area contributed by atoms with Crippen LogP contribution in [0.15, 0.2) is 72.3 Å². The van der Waals surface area contributed by atoms with Crippen molar-refractivity contribution in [3.05, 3.63) is 99.2 Å². The summed E-state index contributed by atoms with van der Waals surface area (Å²) in [5.41, 5.74) is 8.10. The van der Waals surface area contributed by atoms with Crippen LogP contribution >= 0.6 is 35.7 Å². The number of nitrogens with zero attached hydrogens (tertiary/aromatic N) is 3. The summed E-state index contributed by atoms with van der Waals surface area (Å²) in [6.45, 7) is 0.734. The second-order valence-electron chi connectivity index (χ2n) is 13.9. The molecule has 8 atom stereocenters. The molecule has 27 nitrogen and oxygen atoms in total. The quantitative estimate of drug-likeness (QED) is 0.0461. The third-order valence-electron chi connectivity index (χ3n) is 9.28. The number of phosphoric ester groups is 1. The monoisotopic (exact) mass is 1010 g/mol. The number of nitrogens with one attached hydrogen (secondary N) is 3. The van der Waals surface area contributed by atoms with Crippen molar-refractivity contribution in [3.63, 3.8) is 0 Å².